The van der Waals surface area contributed by atoms with Crippen molar-refractivity contribution in [3.8, 4) is 0 Å². The first kappa shape index (κ1) is 14.6. The predicted molar refractivity (Wildman–Crippen MR) is 82.2 cm³/mol. The maximum absolute atomic E-state index is 13.4. The van der Waals surface area contributed by atoms with Crippen LogP contribution in [0.2, 0.25) is 0 Å². The van der Waals surface area contributed by atoms with Crippen molar-refractivity contribution in [1.29, 1.82) is 0 Å². The third-order valence-corrected chi connectivity index (χ3v) is 4.06. The van der Waals surface area contributed by atoms with Gasteiger partial charge in [0.2, 0.25) is 5.91 Å². The van der Waals surface area contributed by atoms with E-state index in [0.29, 0.717) is 0 Å². The lowest BCUT2D eigenvalue weighted by atomic mass is 10.2. The summed E-state index contributed by atoms with van der Waals surface area (Å²) in [5, 5.41) is 2.37. The highest BCUT2D eigenvalue weighted by molar-refractivity contribution is 7.99. The standard InChI is InChI=1S/C16H16FNOS/c1-12(20-11-13-7-3-2-4-8-13)16(19)18-15-10-6-5-9-14(15)17/h2-10,12H,11H2,1H3,(H,18,19)/t12-/m1/s1. The van der Waals surface area contributed by atoms with Crippen molar-refractivity contribution in [2.75, 3.05) is 5.32 Å². The summed E-state index contributed by atoms with van der Waals surface area (Å²) in [4.78, 5) is 12.0. The van der Waals surface area contributed by atoms with Crippen LogP contribution in [0.1, 0.15) is 12.5 Å². The van der Waals surface area contributed by atoms with Gasteiger partial charge in [-0.05, 0) is 24.6 Å². The smallest absolute Gasteiger partial charge is 0.237 e. The van der Waals surface area contributed by atoms with Crippen molar-refractivity contribution in [1.82, 2.24) is 0 Å². The van der Waals surface area contributed by atoms with Gasteiger partial charge >= 0.3 is 0 Å². The van der Waals surface area contributed by atoms with Gasteiger partial charge in [0.15, 0.2) is 0 Å². The van der Waals surface area contributed by atoms with Gasteiger partial charge in [-0.3, -0.25) is 4.79 Å². The van der Waals surface area contributed by atoms with Gasteiger partial charge in [0, 0.05) is 5.75 Å². The van der Waals surface area contributed by atoms with E-state index in [1.807, 2.05) is 37.3 Å². The zero-order chi connectivity index (χ0) is 14.4. The summed E-state index contributed by atoms with van der Waals surface area (Å²) < 4.78 is 13.4. The summed E-state index contributed by atoms with van der Waals surface area (Å²) in [7, 11) is 0. The molecule has 0 spiro atoms. The van der Waals surface area contributed by atoms with Crippen molar-refractivity contribution >= 4 is 23.4 Å². The zero-order valence-electron chi connectivity index (χ0n) is 11.2. The number of benzene rings is 2. The first-order chi connectivity index (χ1) is 9.66. The molecule has 0 aliphatic carbocycles. The highest BCUT2D eigenvalue weighted by atomic mass is 32.2. The lowest BCUT2D eigenvalue weighted by Gasteiger charge is -2.12. The molecule has 1 amide bonds. The Balaban J connectivity index is 1.88. The Morgan fingerprint density at radius 1 is 1.15 bits per heavy atom. The minimum Gasteiger partial charge on any atom is -0.323 e. The second-order valence-corrected chi connectivity index (χ2v) is 5.74. The molecule has 0 aromatic heterocycles. The summed E-state index contributed by atoms with van der Waals surface area (Å²) in [6.07, 6.45) is 0. The molecule has 1 atom stereocenters. The Morgan fingerprint density at radius 3 is 2.50 bits per heavy atom. The average Bonchev–Trinajstić information content (AvgIpc) is 2.48. The number of anilines is 1. The van der Waals surface area contributed by atoms with Crippen molar-refractivity contribution in [3.05, 3.63) is 66.0 Å². The van der Waals surface area contributed by atoms with Gasteiger partial charge < -0.3 is 5.32 Å². The number of halogens is 1. The van der Waals surface area contributed by atoms with E-state index in [2.05, 4.69) is 5.32 Å². The quantitative estimate of drug-likeness (QED) is 0.898. The Bertz CT molecular complexity index is 574. The number of amides is 1. The molecule has 4 heteroatoms. The molecule has 0 unspecified atom stereocenters. The molecule has 104 valence electrons. The van der Waals surface area contributed by atoms with Crippen LogP contribution in [0.3, 0.4) is 0 Å². The summed E-state index contributed by atoms with van der Waals surface area (Å²) in [5.74, 6) is 0.157. The predicted octanol–water partition coefficient (Wildman–Crippen LogP) is 4.09. The first-order valence-electron chi connectivity index (χ1n) is 6.38. The largest absolute Gasteiger partial charge is 0.323 e. The molecule has 0 saturated carbocycles. The maximum atomic E-state index is 13.4. The zero-order valence-corrected chi connectivity index (χ0v) is 12.0. The molecule has 1 N–H and O–H groups in total. The molecule has 0 saturated heterocycles. The fraction of sp³-hybridized carbons (Fsp3) is 0.188. The van der Waals surface area contributed by atoms with Gasteiger partial charge in [0.05, 0.1) is 10.9 Å². The van der Waals surface area contributed by atoms with Crippen LogP contribution in [0, 0.1) is 5.82 Å². The summed E-state index contributed by atoms with van der Waals surface area (Å²) in [6, 6.07) is 16.1. The van der Waals surface area contributed by atoms with Crippen LogP contribution in [0.15, 0.2) is 54.6 Å². The normalized spacial score (nSPS) is 11.9. The summed E-state index contributed by atoms with van der Waals surface area (Å²) >= 11 is 1.53. The van der Waals surface area contributed by atoms with E-state index in [9.17, 15) is 9.18 Å². The van der Waals surface area contributed by atoms with Gasteiger partial charge in [-0.2, -0.15) is 0 Å². The molecule has 0 aliphatic heterocycles. The molecule has 0 heterocycles. The highest BCUT2D eigenvalue weighted by Gasteiger charge is 2.14. The molecule has 2 aromatic carbocycles. The summed E-state index contributed by atoms with van der Waals surface area (Å²) in [5.41, 5.74) is 1.40. The number of para-hydroxylation sites is 1. The molecule has 0 radical (unpaired) electrons. The molecule has 2 aromatic rings. The second-order valence-electron chi connectivity index (χ2n) is 4.41. The molecule has 20 heavy (non-hydrogen) atoms. The first-order valence-corrected chi connectivity index (χ1v) is 7.42. The van der Waals surface area contributed by atoms with Gasteiger partial charge in [-0.1, -0.05) is 42.5 Å². The van der Waals surface area contributed by atoms with Crippen LogP contribution in [0.25, 0.3) is 0 Å². The monoisotopic (exact) mass is 289 g/mol. The topological polar surface area (TPSA) is 29.1 Å². The van der Waals surface area contributed by atoms with Crippen LogP contribution in [0.4, 0.5) is 10.1 Å². The molecule has 0 bridgehead atoms. The van der Waals surface area contributed by atoms with Crippen LogP contribution in [0.5, 0.6) is 0 Å². The SMILES string of the molecule is C[C@@H](SCc1ccccc1)C(=O)Nc1ccccc1F. The molecule has 0 aliphatic rings. The average molecular weight is 289 g/mol. The minimum absolute atomic E-state index is 0.184. The number of thioether (sulfide) groups is 1. The van der Waals surface area contributed by atoms with E-state index in [0.717, 1.165) is 5.75 Å². The lowest BCUT2D eigenvalue weighted by molar-refractivity contribution is -0.115. The van der Waals surface area contributed by atoms with Crippen LogP contribution in [-0.4, -0.2) is 11.2 Å². The molecular formula is C16H16FNOS. The number of nitrogens with one attached hydrogen (secondary N) is 1. The third-order valence-electron chi connectivity index (χ3n) is 2.84. The number of hydrogen-bond donors (Lipinski definition) is 1. The van der Waals surface area contributed by atoms with E-state index in [4.69, 9.17) is 0 Å². The lowest BCUT2D eigenvalue weighted by Crippen LogP contribution is -2.23. The van der Waals surface area contributed by atoms with E-state index in [1.165, 1.54) is 23.4 Å². The molecular weight excluding hydrogens is 273 g/mol. The highest BCUT2D eigenvalue weighted by Crippen LogP contribution is 2.20. The van der Waals surface area contributed by atoms with Crippen molar-refractivity contribution < 1.29 is 9.18 Å². The fourth-order valence-corrected chi connectivity index (χ4v) is 2.51. The van der Waals surface area contributed by atoms with Crippen LogP contribution in [-0.2, 0) is 10.5 Å². The van der Waals surface area contributed by atoms with Gasteiger partial charge in [-0.15, -0.1) is 11.8 Å². The summed E-state index contributed by atoms with van der Waals surface area (Å²) in [6.45, 7) is 1.82. The molecule has 0 fully saturated rings. The number of carbonyl (C=O) groups is 1. The molecule has 2 nitrogen and oxygen atoms in total. The third kappa shape index (κ3) is 4.10. The number of carbonyl (C=O) groups excluding carboxylic acids is 1. The van der Waals surface area contributed by atoms with Gasteiger partial charge in [-0.25, -0.2) is 4.39 Å². The van der Waals surface area contributed by atoms with Crippen molar-refractivity contribution in [2.45, 2.75) is 17.9 Å². The minimum atomic E-state index is -0.416. The Hall–Kier alpha value is -1.81. The van der Waals surface area contributed by atoms with E-state index < -0.39 is 5.82 Å². The van der Waals surface area contributed by atoms with Gasteiger partial charge in [0.25, 0.3) is 0 Å². The fourth-order valence-electron chi connectivity index (χ4n) is 1.67. The number of rotatable bonds is 5. The van der Waals surface area contributed by atoms with E-state index in [1.54, 1.807) is 18.2 Å². The van der Waals surface area contributed by atoms with Crippen molar-refractivity contribution in [2.24, 2.45) is 0 Å². The Kier molecular flexibility index (Phi) is 5.18. The number of hydrogen-bond acceptors (Lipinski definition) is 2. The van der Waals surface area contributed by atoms with E-state index in [-0.39, 0.29) is 16.8 Å². The van der Waals surface area contributed by atoms with Crippen LogP contribution < -0.4 is 5.32 Å². The van der Waals surface area contributed by atoms with Crippen molar-refractivity contribution in [3.63, 3.8) is 0 Å². The Labute approximate surface area is 122 Å². The maximum Gasteiger partial charge on any atom is 0.237 e. The second kappa shape index (κ2) is 7.10. The Morgan fingerprint density at radius 2 is 1.80 bits per heavy atom. The van der Waals surface area contributed by atoms with E-state index >= 15 is 0 Å². The van der Waals surface area contributed by atoms with Gasteiger partial charge in [0.1, 0.15) is 5.82 Å². The molecule has 2 rings (SSSR count). The van der Waals surface area contributed by atoms with Crippen LogP contribution >= 0.6 is 11.8 Å².